The smallest absolute Gasteiger partial charge is 0.259 e. The van der Waals surface area contributed by atoms with Crippen LogP contribution in [0, 0.1) is 11.3 Å². The molecule has 7 nitrogen and oxygen atoms in total. The summed E-state index contributed by atoms with van der Waals surface area (Å²) in [6.45, 7) is 1.45. The van der Waals surface area contributed by atoms with Crippen molar-refractivity contribution in [3.8, 4) is 6.07 Å². The van der Waals surface area contributed by atoms with Gasteiger partial charge in [0.05, 0.1) is 17.3 Å². The van der Waals surface area contributed by atoms with Gasteiger partial charge in [0.1, 0.15) is 16.8 Å². The molecule has 0 radical (unpaired) electrons. The molecule has 1 aliphatic heterocycles. The van der Waals surface area contributed by atoms with Crippen LogP contribution in [-0.2, 0) is 20.0 Å². The number of thiophene rings is 1. The van der Waals surface area contributed by atoms with Crippen molar-refractivity contribution in [2.24, 2.45) is 7.05 Å². The first-order valence-corrected chi connectivity index (χ1v) is 9.96. The number of carbonyl (C=O) groups excluding carboxylic acids is 1. The summed E-state index contributed by atoms with van der Waals surface area (Å²) < 4.78 is 7.90. The van der Waals surface area contributed by atoms with Crippen molar-refractivity contribution in [1.29, 1.82) is 5.26 Å². The maximum Gasteiger partial charge on any atom is 0.259 e. The van der Waals surface area contributed by atoms with Crippen molar-refractivity contribution >= 4 is 38.2 Å². The van der Waals surface area contributed by atoms with E-state index in [1.165, 1.54) is 17.5 Å². The first-order chi connectivity index (χ1) is 13.0. The van der Waals surface area contributed by atoms with Crippen molar-refractivity contribution in [1.82, 2.24) is 15.1 Å². The summed E-state index contributed by atoms with van der Waals surface area (Å²) in [6, 6.07) is 6.09. The number of carbonyl (C=O) groups is 1. The zero-order chi connectivity index (χ0) is 19.0. The predicted octanol–water partition coefficient (Wildman–Crippen LogP) is 3.39. The second-order valence-corrected chi connectivity index (χ2v) is 8.24. The van der Waals surface area contributed by atoms with Crippen LogP contribution in [0.3, 0.4) is 0 Å². The largest absolute Gasteiger partial charge is 0.454 e. The fourth-order valence-electron chi connectivity index (χ4n) is 3.31. The molecule has 1 amide bonds. The molecule has 27 heavy (non-hydrogen) atoms. The molecule has 0 bridgehead atoms. The number of fused-ring (bicyclic) bond motifs is 1. The average molecular weight is 446 g/mol. The van der Waals surface area contributed by atoms with E-state index < -0.39 is 0 Å². The molecule has 1 unspecified atom stereocenters. The second-order valence-electron chi connectivity index (χ2n) is 6.35. The molecule has 138 valence electrons. The second kappa shape index (κ2) is 7.31. The van der Waals surface area contributed by atoms with Gasteiger partial charge in [-0.25, -0.2) is 0 Å². The van der Waals surface area contributed by atoms with Crippen LogP contribution in [0.2, 0.25) is 0 Å². The maximum atomic E-state index is 12.5. The van der Waals surface area contributed by atoms with Crippen molar-refractivity contribution in [2.75, 3.05) is 11.9 Å². The number of anilines is 1. The fourth-order valence-corrected chi connectivity index (χ4v) is 4.85. The van der Waals surface area contributed by atoms with Crippen LogP contribution in [-0.4, -0.2) is 22.2 Å². The van der Waals surface area contributed by atoms with E-state index in [0.717, 1.165) is 22.7 Å². The van der Waals surface area contributed by atoms with Gasteiger partial charge in [0, 0.05) is 43.5 Å². The molecule has 0 saturated carbocycles. The van der Waals surface area contributed by atoms with Gasteiger partial charge in [-0.15, -0.1) is 11.3 Å². The summed E-state index contributed by atoms with van der Waals surface area (Å²) in [7, 11) is 1.75. The summed E-state index contributed by atoms with van der Waals surface area (Å²) in [6.07, 6.45) is 3.84. The standard InChI is InChI=1S/C18H16BrN5O2S/c1-24-9-11(7-22-24)17(25)23-18-13(5-20)16-10(6-21-8-14(16)27-18)4-12-2-3-15(19)26-12/h2-3,7,9-10,21H,4,6,8H2,1H3,(H,23,25). The molecule has 4 heterocycles. The minimum atomic E-state index is -0.266. The Labute approximate surface area is 168 Å². The molecule has 0 fully saturated rings. The first-order valence-electron chi connectivity index (χ1n) is 8.35. The van der Waals surface area contributed by atoms with E-state index >= 15 is 0 Å². The van der Waals surface area contributed by atoms with Crippen molar-refractivity contribution in [3.63, 3.8) is 0 Å². The van der Waals surface area contributed by atoms with Crippen LogP contribution in [0.25, 0.3) is 0 Å². The topological polar surface area (TPSA) is 95.9 Å². The molecule has 2 N–H and O–H groups in total. The minimum Gasteiger partial charge on any atom is -0.454 e. The van der Waals surface area contributed by atoms with E-state index in [4.69, 9.17) is 4.42 Å². The van der Waals surface area contributed by atoms with Crippen LogP contribution in [0.5, 0.6) is 0 Å². The first kappa shape index (κ1) is 18.0. The lowest BCUT2D eigenvalue weighted by Gasteiger charge is -2.23. The van der Waals surface area contributed by atoms with E-state index in [-0.39, 0.29) is 11.8 Å². The van der Waals surface area contributed by atoms with Crippen LogP contribution in [0.4, 0.5) is 5.00 Å². The van der Waals surface area contributed by atoms with Crippen LogP contribution in [0.1, 0.15) is 38.0 Å². The molecule has 3 aromatic heterocycles. The van der Waals surface area contributed by atoms with E-state index in [9.17, 15) is 10.1 Å². The highest BCUT2D eigenvalue weighted by Gasteiger charge is 2.29. The fraction of sp³-hybridized carbons (Fsp3) is 0.278. The number of hydrogen-bond donors (Lipinski definition) is 2. The molecular weight excluding hydrogens is 430 g/mol. The highest BCUT2D eigenvalue weighted by atomic mass is 79.9. The number of aromatic nitrogens is 2. The Balaban J connectivity index is 1.63. The number of nitrogens with one attached hydrogen (secondary N) is 2. The lowest BCUT2D eigenvalue weighted by atomic mass is 9.89. The zero-order valence-electron chi connectivity index (χ0n) is 14.5. The van der Waals surface area contributed by atoms with Gasteiger partial charge >= 0.3 is 0 Å². The Hall–Kier alpha value is -2.41. The average Bonchev–Trinajstić information content (AvgIpc) is 3.34. The Morgan fingerprint density at radius 3 is 3.11 bits per heavy atom. The number of rotatable bonds is 4. The number of amides is 1. The minimum absolute atomic E-state index is 0.113. The number of furan rings is 1. The summed E-state index contributed by atoms with van der Waals surface area (Å²) in [5.41, 5.74) is 2.02. The summed E-state index contributed by atoms with van der Waals surface area (Å²) >= 11 is 4.78. The third kappa shape index (κ3) is 3.56. The third-order valence-corrected chi connectivity index (χ3v) is 6.04. The van der Waals surface area contributed by atoms with E-state index in [1.54, 1.807) is 17.9 Å². The van der Waals surface area contributed by atoms with Crippen LogP contribution >= 0.6 is 27.3 Å². The van der Waals surface area contributed by atoms with Gasteiger partial charge in [-0.05, 0) is 33.6 Å². The zero-order valence-corrected chi connectivity index (χ0v) is 16.9. The molecule has 9 heteroatoms. The van der Waals surface area contributed by atoms with Crippen LogP contribution < -0.4 is 10.6 Å². The molecular formula is C18H16BrN5O2S. The highest BCUT2D eigenvalue weighted by Crippen LogP contribution is 2.41. The van der Waals surface area contributed by atoms with E-state index in [0.29, 0.717) is 33.8 Å². The van der Waals surface area contributed by atoms with Gasteiger partial charge in [-0.1, -0.05) is 0 Å². The SMILES string of the molecule is Cn1cc(C(=O)Nc2sc3c(c2C#N)C(Cc2ccc(Br)o2)CNC3)cn1. The Morgan fingerprint density at radius 2 is 2.44 bits per heavy atom. The molecule has 1 atom stereocenters. The number of halogens is 1. The predicted molar refractivity (Wildman–Crippen MR) is 105 cm³/mol. The van der Waals surface area contributed by atoms with E-state index in [2.05, 4.69) is 37.7 Å². The lowest BCUT2D eigenvalue weighted by molar-refractivity contribution is 0.102. The Bertz CT molecular complexity index is 1040. The Morgan fingerprint density at radius 1 is 1.59 bits per heavy atom. The van der Waals surface area contributed by atoms with Crippen molar-refractivity contribution < 1.29 is 9.21 Å². The number of nitriles is 1. The molecule has 1 aliphatic rings. The summed E-state index contributed by atoms with van der Waals surface area (Å²) in [5, 5.41) is 20.7. The number of hydrogen-bond acceptors (Lipinski definition) is 6. The number of nitrogens with zero attached hydrogens (tertiary/aromatic N) is 3. The highest BCUT2D eigenvalue weighted by molar-refractivity contribution is 9.10. The van der Waals surface area contributed by atoms with Crippen LogP contribution in [0.15, 0.2) is 33.6 Å². The Kier molecular flexibility index (Phi) is 4.86. The van der Waals surface area contributed by atoms with Gasteiger partial charge in [0.15, 0.2) is 4.67 Å². The normalized spacial score (nSPS) is 16.0. The van der Waals surface area contributed by atoms with Crippen molar-refractivity contribution in [2.45, 2.75) is 18.9 Å². The summed E-state index contributed by atoms with van der Waals surface area (Å²) in [5.74, 6) is 0.706. The van der Waals surface area contributed by atoms with Gasteiger partial charge in [-0.2, -0.15) is 10.4 Å². The van der Waals surface area contributed by atoms with Gasteiger partial charge < -0.3 is 15.1 Å². The van der Waals surface area contributed by atoms with Gasteiger partial charge in [-0.3, -0.25) is 9.48 Å². The molecule has 4 rings (SSSR count). The van der Waals surface area contributed by atoms with Gasteiger partial charge in [0.2, 0.25) is 0 Å². The molecule has 3 aromatic rings. The lowest BCUT2D eigenvalue weighted by Crippen LogP contribution is -2.28. The third-order valence-electron chi connectivity index (χ3n) is 4.49. The maximum absolute atomic E-state index is 12.5. The molecule has 0 aliphatic carbocycles. The van der Waals surface area contributed by atoms with Gasteiger partial charge in [0.25, 0.3) is 5.91 Å². The van der Waals surface area contributed by atoms with Crippen molar-refractivity contribution in [3.05, 3.63) is 56.5 Å². The summed E-state index contributed by atoms with van der Waals surface area (Å²) in [4.78, 5) is 13.6. The molecule has 0 spiro atoms. The van der Waals surface area contributed by atoms with E-state index in [1.807, 2.05) is 12.1 Å². The molecule has 0 saturated heterocycles. The quantitative estimate of drug-likeness (QED) is 0.641. The molecule has 0 aromatic carbocycles. The number of aryl methyl sites for hydroxylation is 1. The monoisotopic (exact) mass is 445 g/mol.